The Balaban J connectivity index is 1.54. The van der Waals surface area contributed by atoms with E-state index in [1.807, 2.05) is 23.2 Å². The maximum Gasteiger partial charge on any atom is 0.255 e. The van der Waals surface area contributed by atoms with Crippen LogP contribution in [0.3, 0.4) is 0 Å². The van der Waals surface area contributed by atoms with E-state index >= 15 is 0 Å². The minimum absolute atomic E-state index is 0.0908. The highest BCUT2D eigenvalue weighted by molar-refractivity contribution is 5.95. The Labute approximate surface area is 136 Å². The maximum absolute atomic E-state index is 12.8. The molecule has 118 valence electrons. The smallest absolute Gasteiger partial charge is 0.255 e. The van der Waals surface area contributed by atoms with Crippen LogP contribution in [0.1, 0.15) is 34.3 Å². The van der Waals surface area contributed by atoms with E-state index in [0.717, 1.165) is 31.7 Å². The standard InChI is InChI=1S/C19H21N3O/c23-19(22-10-7-15-5-1-2-6-16(15)14-22)17-11-18(13-20-12-17)21-8-3-4-9-21/h1-2,5-6,11-13H,3-4,7-10,14H2. The maximum atomic E-state index is 12.8. The summed E-state index contributed by atoms with van der Waals surface area (Å²) in [5.74, 6) is 0.0908. The van der Waals surface area contributed by atoms with Crippen LogP contribution >= 0.6 is 0 Å². The van der Waals surface area contributed by atoms with Gasteiger partial charge in [-0.2, -0.15) is 0 Å². The number of aromatic nitrogens is 1. The van der Waals surface area contributed by atoms with Gasteiger partial charge in [0.25, 0.3) is 5.91 Å². The monoisotopic (exact) mass is 307 g/mol. The number of nitrogens with zero attached hydrogens (tertiary/aromatic N) is 3. The van der Waals surface area contributed by atoms with Crippen molar-refractivity contribution in [2.45, 2.75) is 25.8 Å². The normalized spacial score (nSPS) is 17.2. The van der Waals surface area contributed by atoms with Crippen molar-refractivity contribution in [3.8, 4) is 0 Å². The minimum atomic E-state index is 0.0908. The van der Waals surface area contributed by atoms with Crippen molar-refractivity contribution < 1.29 is 4.79 Å². The number of pyridine rings is 1. The van der Waals surface area contributed by atoms with E-state index in [2.05, 4.69) is 28.1 Å². The van der Waals surface area contributed by atoms with Crippen LogP contribution in [0.4, 0.5) is 5.69 Å². The van der Waals surface area contributed by atoms with Crippen molar-refractivity contribution in [2.75, 3.05) is 24.5 Å². The summed E-state index contributed by atoms with van der Waals surface area (Å²) in [6.07, 6.45) is 6.94. The molecule has 0 radical (unpaired) electrons. The average molecular weight is 307 g/mol. The van der Waals surface area contributed by atoms with E-state index in [4.69, 9.17) is 0 Å². The summed E-state index contributed by atoms with van der Waals surface area (Å²) in [5.41, 5.74) is 4.40. The molecule has 4 heteroatoms. The lowest BCUT2D eigenvalue weighted by atomic mass is 9.99. The molecular formula is C19H21N3O. The molecule has 2 aliphatic rings. The number of anilines is 1. The number of hydrogen-bond acceptors (Lipinski definition) is 3. The molecule has 2 aromatic rings. The van der Waals surface area contributed by atoms with E-state index in [9.17, 15) is 4.79 Å². The van der Waals surface area contributed by atoms with E-state index in [1.165, 1.54) is 24.0 Å². The summed E-state index contributed by atoms with van der Waals surface area (Å²) in [7, 11) is 0. The zero-order valence-corrected chi connectivity index (χ0v) is 13.2. The quantitative estimate of drug-likeness (QED) is 0.856. The van der Waals surface area contributed by atoms with Crippen molar-refractivity contribution >= 4 is 11.6 Å². The van der Waals surface area contributed by atoms with Crippen LogP contribution in [0.5, 0.6) is 0 Å². The largest absolute Gasteiger partial charge is 0.370 e. The van der Waals surface area contributed by atoms with E-state index in [1.54, 1.807) is 6.20 Å². The van der Waals surface area contributed by atoms with Crippen LogP contribution in [0.25, 0.3) is 0 Å². The second-order valence-corrected chi connectivity index (χ2v) is 6.37. The van der Waals surface area contributed by atoms with Gasteiger partial charge in [0, 0.05) is 32.4 Å². The number of carbonyl (C=O) groups excluding carboxylic acids is 1. The van der Waals surface area contributed by atoms with Gasteiger partial charge in [0.05, 0.1) is 17.4 Å². The molecule has 0 spiro atoms. The molecule has 0 atom stereocenters. The van der Waals surface area contributed by atoms with Crippen LogP contribution in [-0.4, -0.2) is 35.4 Å². The topological polar surface area (TPSA) is 36.4 Å². The first-order valence-electron chi connectivity index (χ1n) is 8.37. The van der Waals surface area contributed by atoms with Crippen molar-refractivity contribution in [1.82, 2.24) is 9.88 Å². The average Bonchev–Trinajstić information content (AvgIpc) is 3.15. The lowest BCUT2D eigenvalue weighted by molar-refractivity contribution is 0.0734. The van der Waals surface area contributed by atoms with Crippen LogP contribution in [0.15, 0.2) is 42.7 Å². The fourth-order valence-electron chi connectivity index (χ4n) is 3.54. The number of hydrogen-bond donors (Lipinski definition) is 0. The molecule has 1 aromatic carbocycles. The lowest BCUT2D eigenvalue weighted by Crippen LogP contribution is -2.36. The third kappa shape index (κ3) is 2.81. The molecule has 0 aliphatic carbocycles. The predicted molar refractivity (Wildman–Crippen MR) is 90.6 cm³/mol. The fourth-order valence-corrected chi connectivity index (χ4v) is 3.54. The van der Waals surface area contributed by atoms with E-state index < -0.39 is 0 Å². The van der Waals surface area contributed by atoms with Crippen molar-refractivity contribution in [1.29, 1.82) is 0 Å². The third-order valence-corrected chi connectivity index (χ3v) is 4.86. The Kier molecular flexibility index (Phi) is 3.74. The summed E-state index contributed by atoms with van der Waals surface area (Å²) in [6, 6.07) is 10.4. The molecule has 4 nitrogen and oxygen atoms in total. The molecule has 3 heterocycles. The molecule has 0 unspecified atom stereocenters. The van der Waals surface area contributed by atoms with Crippen molar-refractivity contribution in [3.63, 3.8) is 0 Å². The minimum Gasteiger partial charge on any atom is -0.370 e. The van der Waals surface area contributed by atoms with Crippen LogP contribution in [0, 0.1) is 0 Å². The van der Waals surface area contributed by atoms with Gasteiger partial charge in [0.15, 0.2) is 0 Å². The first-order valence-corrected chi connectivity index (χ1v) is 8.37. The number of rotatable bonds is 2. The molecule has 23 heavy (non-hydrogen) atoms. The molecule has 1 fully saturated rings. The van der Waals surface area contributed by atoms with Crippen LogP contribution < -0.4 is 4.90 Å². The molecule has 2 aliphatic heterocycles. The highest BCUT2D eigenvalue weighted by Crippen LogP contribution is 2.23. The van der Waals surface area contributed by atoms with Crippen LogP contribution in [0.2, 0.25) is 0 Å². The Hall–Kier alpha value is -2.36. The zero-order valence-electron chi connectivity index (χ0n) is 13.2. The third-order valence-electron chi connectivity index (χ3n) is 4.86. The highest BCUT2D eigenvalue weighted by atomic mass is 16.2. The SMILES string of the molecule is O=C(c1cncc(N2CCCC2)c1)N1CCc2ccccc2C1. The van der Waals surface area contributed by atoms with Gasteiger partial charge in [-0.25, -0.2) is 0 Å². The number of benzene rings is 1. The molecular weight excluding hydrogens is 286 g/mol. The van der Waals surface area contributed by atoms with Crippen molar-refractivity contribution in [3.05, 3.63) is 59.4 Å². The highest BCUT2D eigenvalue weighted by Gasteiger charge is 2.22. The Bertz CT molecular complexity index is 722. The number of fused-ring (bicyclic) bond motifs is 1. The second-order valence-electron chi connectivity index (χ2n) is 6.37. The summed E-state index contributed by atoms with van der Waals surface area (Å²) >= 11 is 0. The summed E-state index contributed by atoms with van der Waals surface area (Å²) in [6.45, 7) is 3.61. The molecule has 1 aromatic heterocycles. The van der Waals surface area contributed by atoms with Crippen LogP contribution in [-0.2, 0) is 13.0 Å². The van der Waals surface area contributed by atoms with Gasteiger partial charge in [-0.05, 0) is 36.5 Å². The van der Waals surface area contributed by atoms with Gasteiger partial charge in [-0.15, -0.1) is 0 Å². The summed E-state index contributed by atoms with van der Waals surface area (Å²) in [5, 5.41) is 0. The fraction of sp³-hybridized carbons (Fsp3) is 0.368. The van der Waals surface area contributed by atoms with Gasteiger partial charge < -0.3 is 9.80 Å². The van der Waals surface area contributed by atoms with Crippen molar-refractivity contribution in [2.24, 2.45) is 0 Å². The van der Waals surface area contributed by atoms with Gasteiger partial charge >= 0.3 is 0 Å². The van der Waals surface area contributed by atoms with Gasteiger partial charge in [0.1, 0.15) is 0 Å². The molecule has 4 rings (SSSR count). The van der Waals surface area contributed by atoms with Gasteiger partial charge in [0.2, 0.25) is 0 Å². The van der Waals surface area contributed by atoms with E-state index in [0.29, 0.717) is 12.1 Å². The molecule has 0 N–H and O–H groups in total. The Morgan fingerprint density at radius 1 is 1.00 bits per heavy atom. The van der Waals surface area contributed by atoms with Gasteiger partial charge in [-0.1, -0.05) is 24.3 Å². The Morgan fingerprint density at radius 3 is 2.61 bits per heavy atom. The molecule has 1 amide bonds. The predicted octanol–water partition coefficient (Wildman–Crippen LogP) is 2.88. The molecule has 0 bridgehead atoms. The Morgan fingerprint density at radius 2 is 1.78 bits per heavy atom. The summed E-state index contributed by atoms with van der Waals surface area (Å²) < 4.78 is 0. The second kappa shape index (κ2) is 6.03. The van der Waals surface area contributed by atoms with E-state index in [-0.39, 0.29) is 5.91 Å². The van der Waals surface area contributed by atoms with Gasteiger partial charge in [-0.3, -0.25) is 9.78 Å². The first-order chi connectivity index (χ1) is 11.3. The molecule has 0 saturated carbocycles. The lowest BCUT2D eigenvalue weighted by Gasteiger charge is -2.29. The summed E-state index contributed by atoms with van der Waals surface area (Å²) in [4.78, 5) is 21.4. The first kappa shape index (κ1) is 14.2. The number of amides is 1. The number of carbonyl (C=O) groups is 1. The molecule has 1 saturated heterocycles. The zero-order chi connectivity index (χ0) is 15.6.